The van der Waals surface area contributed by atoms with E-state index in [1.165, 1.54) is 0 Å². The van der Waals surface area contributed by atoms with E-state index in [1.807, 2.05) is 0 Å². The number of anilines is 3. The molecule has 0 aliphatic carbocycles. The monoisotopic (exact) mass is 171 g/mol. The normalized spacial score (nSPS) is 9.55. The maximum absolute atomic E-state index is 5.53. The van der Waals surface area contributed by atoms with Crippen LogP contribution >= 0.6 is 12.2 Å². The van der Waals surface area contributed by atoms with E-state index in [1.54, 1.807) is 7.05 Å². The number of nitrogens with two attached hydrogens (primary N) is 2. The molecule has 1 heterocycles. The number of nitrogen functional groups attached to an aromatic ring is 2. The van der Waals surface area contributed by atoms with E-state index >= 15 is 0 Å². The highest BCUT2D eigenvalue weighted by Crippen LogP contribution is 2.18. The molecule has 1 aromatic heterocycles. The van der Waals surface area contributed by atoms with Gasteiger partial charge < -0.3 is 21.8 Å². The number of aromatic nitrogens is 2. The van der Waals surface area contributed by atoms with Crippen LogP contribution in [0, 0.1) is 4.77 Å². The first-order valence-corrected chi connectivity index (χ1v) is 3.39. The fraction of sp³-hybridized carbons (Fsp3) is 0.200. The fourth-order valence-corrected chi connectivity index (χ4v) is 0.892. The highest BCUT2D eigenvalue weighted by molar-refractivity contribution is 7.71. The average Bonchev–Trinajstić information content (AvgIpc) is 1.96. The lowest BCUT2D eigenvalue weighted by molar-refractivity contribution is 1.14. The lowest BCUT2D eigenvalue weighted by Crippen LogP contribution is -2.05. The van der Waals surface area contributed by atoms with Crippen molar-refractivity contribution in [2.75, 3.05) is 23.8 Å². The number of aromatic amines is 1. The molecule has 0 amide bonds. The molecule has 0 atom stereocenters. The van der Waals surface area contributed by atoms with Gasteiger partial charge in [-0.1, -0.05) is 0 Å². The summed E-state index contributed by atoms with van der Waals surface area (Å²) in [5.41, 5.74) is 11.4. The smallest absolute Gasteiger partial charge is 0.200 e. The molecule has 6 heteroatoms. The van der Waals surface area contributed by atoms with Gasteiger partial charge in [-0.15, -0.1) is 0 Å². The first-order chi connectivity index (χ1) is 5.15. The highest BCUT2D eigenvalue weighted by Gasteiger charge is 2.01. The number of nitrogens with one attached hydrogen (secondary N) is 2. The van der Waals surface area contributed by atoms with Crippen LogP contribution in [0.1, 0.15) is 0 Å². The van der Waals surface area contributed by atoms with E-state index in [0.717, 1.165) is 0 Å². The Labute approximate surface area is 68.8 Å². The van der Waals surface area contributed by atoms with Crippen molar-refractivity contribution in [2.24, 2.45) is 0 Å². The van der Waals surface area contributed by atoms with Crippen molar-refractivity contribution in [1.29, 1.82) is 0 Å². The Hall–Kier alpha value is -1.30. The second kappa shape index (κ2) is 2.75. The highest BCUT2D eigenvalue weighted by atomic mass is 32.1. The summed E-state index contributed by atoms with van der Waals surface area (Å²) in [6.45, 7) is 0. The quantitative estimate of drug-likeness (QED) is 0.457. The first-order valence-electron chi connectivity index (χ1n) is 2.98. The van der Waals surface area contributed by atoms with Crippen LogP contribution in [-0.4, -0.2) is 17.0 Å². The SMILES string of the molecule is CNc1nc(=S)[nH]c(N)c1N. The van der Waals surface area contributed by atoms with Crippen molar-refractivity contribution in [3.63, 3.8) is 0 Å². The van der Waals surface area contributed by atoms with Crippen LogP contribution in [0.25, 0.3) is 0 Å². The molecule has 0 aromatic carbocycles. The summed E-state index contributed by atoms with van der Waals surface area (Å²) in [5.74, 6) is 0.848. The molecular formula is C5H9N5S. The van der Waals surface area contributed by atoms with Gasteiger partial charge in [-0.2, -0.15) is 0 Å². The number of hydrogen-bond donors (Lipinski definition) is 4. The van der Waals surface area contributed by atoms with Crippen molar-refractivity contribution in [3.8, 4) is 0 Å². The molecular weight excluding hydrogens is 162 g/mol. The van der Waals surface area contributed by atoms with Gasteiger partial charge in [0.2, 0.25) is 0 Å². The Balaban J connectivity index is 3.36. The Morgan fingerprint density at radius 2 is 2.18 bits per heavy atom. The molecule has 0 saturated heterocycles. The van der Waals surface area contributed by atoms with Gasteiger partial charge in [0.15, 0.2) is 10.6 Å². The van der Waals surface area contributed by atoms with E-state index in [9.17, 15) is 0 Å². The zero-order chi connectivity index (χ0) is 8.43. The minimum atomic E-state index is 0.320. The molecule has 60 valence electrons. The number of nitrogens with zero attached hydrogens (tertiary/aromatic N) is 1. The molecule has 0 aliphatic rings. The molecule has 0 bridgehead atoms. The minimum absolute atomic E-state index is 0.320. The van der Waals surface area contributed by atoms with Crippen LogP contribution in [-0.2, 0) is 0 Å². The maximum Gasteiger partial charge on any atom is 0.200 e. The summed E-state index contributed by atoms with van der Waals surface area (Å²) < 4.78 is 0.320. The second-order valence-corrected chi connectivity index (χ2v) is 2.35. The minimum Gasteiger partial charge on any atom is -0.393 e. The fourth-order valence-electron chi connectivity index (χ4n) is 0.690. The van der Waals surface area contributed by atoms with Gasteiger partial charge in [0, 0.05) is 7.05 Å². The van der Waals surface area contributed by atoms with E-state index in [0.29, 0.717) is 22.1 Å². The predicted octanol–water partition coefficient (Wildman–Crippen LogP) is 0.345. The van der Waals surface area contributed by atoms with Crippen molar-refractivity contribution in [2.45, 2.75) is 0 Å². The summed E-state index contributed by atoms with van der Waals surface area (Å²) in [6, 6.07) is 0. The Kier molecular flexibility index (Phi) is 1.95. The summed E-state index contributed by atoms with van der Waals surface area (Å²) in [5, 5.41) is 2.77. The van der Waals surface area contributed by atoms with Gasteiger partial charge >= 0.3 is 0 Å². The van der Waals surface area contributed by atoms with Crippen molar-refractivity contribution in [1.82, 2.24) is 9.97 Å². The molecule has 1 aromatic rings. The molecule has 0 fully saturated rings. The second-order valence-electron chi connectivity index (χ2n) is 1.97. The third-order valence-corrected chi connectivity index (χ3v) is 1.43. The maximum atomic E-state index is 5.53. The number of rotatable bonds is 1. The topological polar surface area (TPSA) is 92.8 Å². The molecule has 1 rings (SSSR count). The Bertz CT molecular complexity index is 317. The zero-order valence-corrected chi connectivity index (χ0v) is 6.83. The van der Waals surface area contributed by atoms with Crippen molar-refractivity contribution in [3.05, 3.63) is 4.77 Å². The van der Waals surface area contributed by atoms with Gasteiger partial charge in [0.1, 0.15) is 11.5 Å². The number of H-pyrrole nitrogens is 1. The number of hydrogen-bond acceptors (Lipinski definition) is 5. The largest absolute Gasteiger partial charge is 0.393 e. The van der Waals surface area contributed by atoms with Crippen molar-refractivity contribution < 1.29 is 0 Å². The van der Waals surface area contributed by atoms with E-state index in [2.05, 4.69) is 15.3 Å². The average molecular weight is 171 g/mol. The zero-order valence-electron chi connectivity index (χ0n) is 6.01. The molecule has 0 spiro atoms. The molecule has 6 N–H and O–H groups in total. The van der Waals surface area contributed by atoms with Crippen LogP contribution in [0.5, 0.6) is 0 Å². The predicted molar refractivity (Wildman–Crippen MR) is 47.8 cm³/mol. The standard InChI is InChI=1S/C5H9N5S/c1-8-4-2(6)3(7)9-5(11)10-4/h6H2,1H3,(H4,7,8,9,10,11). The summed E-state index contributed by atoms with van der Waals surface area (Å²) in [4.78, 5) is 6.52. The third kappa shape index (κ3) is 1.40. The van der Waals surface area contributed by atoms with Crippen LogP contribution in [0.2, 0.25) is 0 Å². The van der Waals surface area contributed by atoms with Crippen LogP contribution in [0.4, 0.5) is 17.3 Å². The lowest BCUT2D eigenvalue weighted by atomic mass is 10.4. The van der Waals surface area contributed by atoms with E-state index in [-0.39, 0.29) is 0 Å². The molecule has 11 heavy (non-hydrogen) atoms. The third-order valence-electron chi connectivity index (χ3n) is 1.24. The first kappa shape index (κ1) is 7.80. The van der Waals surface area contributed by atoms with Gasteiger partial charge in [-0.05, 0) is 12.2 Å². The summed E-state index contributed by atoms with van der Waals surface area (Å²) in [6.07, 6.45) is 0. The molecule has 5 nitrogen and oxygen atoms in total. The van der Waals surface area contributed by atoms with Crippen LogP contribution in [0.3, 0.4) is 0 Å². The van der Waals surface area contributed by atoms with Gasteiger partial charge in [0.05, 0.1) is 0 Å². The van der Waals surface area contributed by atoms with Gasteiger partial charge in [-0.3, -0.25) is 0 Å². The van der Waals surface area contributed by atoms with Crippen LogP contribution < -0.4 is 16.8 Å². The molecule has 0 aliphatic heterocycles. The van der Waals surface area contributed by atoms with Gasteiger partial charge in [-0.25, -0.2) is 4.98 Å². The molecule has 0 unspecified atom stereocenters. The summed E-state index contributed by atoms with van der Waals surface area (Å²) in [7, 11) is 1.70. The molecule has 0 radical (unpaired) electrons. The molecule has 0 saturated carbocycles. The van der Waals surface area contributed by atoms with Crippen LogP contribution in [0.15, 0.2) is 0 Å². The Morgan fingerprint density at radius 3 is 2.73 bits per heavy atom. The van der Waals surface area contributed by atoms with E-state index in [4.69, 9.17) is 23.7 Å². The van der Waals surface area contributed by atoms with Crippen molar-refractivity contribution >= 4 is 29.5 Å². The lowest BCUT2D eigenvalue weighted by Gasteiger charge is -2.04. The van der Waals surface area contributed by atoms with E-state index < -0.39 is 0 Å². The summed E-state index contributed by atoms with van der Waals surface area (Å²) >= 11 is 4.77. The van der Waals surface area contributed by atoms with Gasteiger partial charge in [0.25, 0.3) is 0 Å². The Morgan fingerprint density at radius 1 is 1.55 bits per heavy atom.